The average molecular weight is 477 g/mol. The van der Waals surface area contributed by atoms with Crippen LogP contribution in [0.25, 0.3) is 11.1 Å². The van der Waals surface area contributed by atoms with E-state index in [2.05, 4.69) is 5.32 Å². The van der Waals surface area contributed by atoms with Crippen LogP contribution < -0.4 is 9.62 Å². The van der Waals surface area contributed by atoms with Gasteiger partial charge in [-0.05, 0) is 60.2 Å². The third-order valence-electron chi connectivity index (χ3n) is 5.23. The van der Waals surface area contributed by atoms with Crippen LogP contribution >= 0.6 is 11.6 Å². The molecule has 4 rings (SSSR count). The topological polar surface area (TPSA) is 66.5 Å². The number of nitrogens with one attached hydrogen (secondary N) is 1. The Bertz CT molecular complexity index is 1370. The van der Waals surface area contributed by atoms with E-state index in [0.717, 1.165) is 11.1 Å². The molecular weight excluding hydrogens is 456 g/mol. The Kier molecular flexibility index (Phi) is 6.49. The van der Waals surface area contributed by atoms with E-state index in [1.165, 1.54) is 35.6 Å². The molecule has 0 heterocycles. The summed E-state index contributed by atoms with van der Waals surface area (Å²) in [6.07, 6.45) is 0. The first-order valence-corrected chi connectivity index (χ1v) is 12.0. The van der Waals surface area contributed by atoms with Gasteiger partial charge in [-0.15, -0.1) is 0 Å². The average Bonchev–Trinajstić information content (AvgIpc) is 2.85. The lowest BCUT2D eigenvalue weighted by Crippen LogP contribution is -2.26. The van der Waals surface area contributed by atoms with Gasteiger partial charge >= 0.3 is 0 Å². The second-order valence-corrected chi connectivity index (χ2v) is 9.74. The molecule has 0 unspecified atom stereocenters. The van der Waals surface area contributed by atoms with Crippen molar-refractivity contribution >= 4 is 38.9 Å². The maximum Gasteiger partial charge on any atom is 0.264 e. The second-order valence-electron chi connectivity index (χ2n) is 7.34. The summed E-state index contributed by atoms with van der Waals surface area (Å²) in [5, 5.41) is 3.41. The first-order valence-electron chi connectivity index (χ1n) is 10.2. The highest BCUT2D eigenvalue weighted by Crippen LogP contribution is 2.28. The van der Waals surface area contributed by atoms with Crippen molar-refractivity contribution in [2.75, 3.05) is 16.7 Å². The van der Waals surface area contributed by atoms with Gasteiger partial charge < -0.3 is 5.32 Å². The fourth-order valence-electron chi connectivity index (χ4n) is 3.38. The zero-order valence-corrected chi connectivity index (χ0v) is 19.3. The monoisotopic (exact) mass is 476 g/mol. The van der Waals surface area contributed by atoms with E-state index in [-0.39, 0.29) is 10.8 Å². The van der Waals surface area contributed by atoms with E-state index in [9.17, 15) is 13.2 Å². The number of carbonyl (C=O) groups excluding carboxylic acids is 1. The van der Waals surface area contributed by atoms with Crippen LogP contribution in [0.2, 0.25) is 5.02 Å². The molecule has 1 amide bonds. The minimum atomic E-state index is -3.75. The van der Waals surface area contributed by atoms with Crippen LogP contribution in [0.3, 0.4) is 0 Å². The molecule has 1 N–H and O–H groups in total. The summed E-state index contributed by atoms with van der Waals surface area (Å²) in [7, 11) is -2.29. The molecule has 0 saturated carbocycles. The first-order chi connectivity index (χ1) is 15.9. The van der Waals surface area contributed by atoms with Crippen molar-refractivity contribution in [2.24, 2.45) is 0 Å². The first kappa shape index (κ1) is 22.6. The van der Waals surface area contributed by atoms with Gasteiger partial charge in [-0.1, -0.05) is 60.1 Å². The molecule has 0 saturated heterocycles. The Morgan fingerprint density at radius 1 is 0.788 bits per heavy atom. The molecule has 5 nitrogen and oxygen atoms in total. The van der Waals surface area contributed by atoms with E-state index in [0.29, 0.717) is 22.0 Å². The summed E-state index contributed by atoms with van der Waals surface area (Å²) in [5.41, 5.74) is 3.46. The Morgan fingerprint density at radius 3 is 2.06 bits per heavy atom. The molecule has 0 aromatic heterocycles. The fraction of sp³-hybridized carbons (Fsp3) is 0.0385. The zero-order chi connectivity index (χ0) is 23.4. The van der Waals surface area contributed by atoms with Crippen molar-refractivity contribution in [3.05, 3.63) is 114 Å². The van der Waals surface area contributed by atoms with E-state index in [4.69, 9.17) is 11.6 Å². The van der Waals surface area contributed by atoms with E-state index < -0.39 is 10.0 Å². The van der Waals surface area contributed by atoms with Crippen LogP contribution in [0.15, 0.2) is 108 Å². The van der Waals surface area contributed by atoms with Gasteiger partial charge in [-0.3, -0.25) is 9.10 Å². The number of rotatable bonds is 6. The Labute approximate surface area is 198 Å². The second kappa shape index (κ2) is 9.48. The molecular formula is C26H21ClN2O3S. The molecule has 0 bridgehead atoms. The van der Waals surface area contributed by atoms with Crippen LogP contribution in [0.4, 0.5) is 11.4 Å². The highest BCUT2D eigenvalue weighted by Gasteiger charge is 2.21. The number of amides is 1. The molecule has 0 fully saturated rings. The summed E-state index contributed by atoms with van der Waals surface area (Å²) < 4.78 is 26.9. The van der Waals surface area contributed by atoms with Gasteiger partial charge in [0, 0.05) is 28.9 Å². The highest BCUT2D eigenvalue weighted by atomic mass is 35.5. The van der Waals surface area contributed by atoms with Crippen molar-refractivity contribution in [3.63, 3.8) is 0 Å². The van der Waals surface area contributed by atoms with Gasteiger partial charge in [0.1, 0.15) is 0 Å². The molecule has 0 spiro atoms. The molecule has 0 atom stereocenters. The number of benzene rings is 4. The molecule has 4 aromatic rings. The van der Waals surface area contributed by atoms with E-state index >= 15 is 0 Å². The summed E-state index contributed by atoms with van der Waals surface area (Å²) in [6.45, 7) is 0. The summed E-state index contributed by atoms with van der Waals surface area (Å²) in [6, 6.07) is 29.8. The lowest BCUT2D eigenvalue weighted by atomic mass is 10.0. The quantitative estimate of drug-likeness (QED) is 0.366. The summed E-state index contributed by atoms with van der Waals surface area (Å²) >= 11 is 5.86. The van der Waals surface area contributed by atoms with Crippen LogP contribution in [0.1, 0.15) is 10.4 Å². The third kappa shape index (κ3) is 4.92. The predicted molar refractivity (Wildman–Crippen MR) is 133 cm³/mol. The molecule has 33 heavy (non-hydrogen) atoms. The van der Waals surface area contributed by atoms with Crippen molar-refractivity contribution in [2.45, 2.75) is 4.90 Å². The normalized spacial score (nSPS) is 11.1. The molecule has 0 aliphatic rings. The van der Waals surface area contributed by atoms with E-state index in [1.807, 2.05) is 54.6 Å². The van der Waals surface area contributed by atoms with Gasteiger partial charge in [-0.2, -0.15) is 0 Å². The van der Waals surface area contributed by atoms with Gasteiger partial charge in [-0.25, -0.2) is 8.42 Å². The maximum atomic E-state index is 12.9. The van der Waals surface area contributed by atoms with E-state index in [1.54, 1.807) is 24.3 Å². The van der Waals surface area contributed by atoms with Crippen molar-refractivity contribution in [1.82, 2.24) is 0 Å². The number of carbonyl (C=O) groups is 1. The number of nitrogens with zero attached hydrogens (tertiary/aromatic N) is 1. The molecule has 0 aliphatic heterocycles. The van der Waals surface area contributed by atoms with Gasteiger partial charge in [0.25, 0.3) is 15.9 Å². The molecule has 0 radical (unpaired) electrons. The van der Waals surface area contributed by atoms with Crippen molar-refractivity contribution < 1.29 is 13.2 Å². The highest BCUT2D eigenvalue weighted by molar-refractivity contribution is 7.92. The lowest BCUT2D eigenvalue weighted by Gasteiger charge is -2.20. The minimum Gasteiger partial charge on any atom is -0.321 e. The minimum absolute atomic E-state index is 0.133. The molecule has 7 heteroatoms. The van der Waals surface area contributed by atoms with Crippen molar-refractivity contribution in [1.29, 1.82) is 0 Å². The number of para-hydroxylation sites is 1. The molecule has 4 aromatic carbocycles. The maximum absolute atomic E-state index is 12.9. The third-order valence-corrected chi connectivity index (χ3v) is 7.28. The molecule has 0 aliphatic carbocycles. The van der Waals surface area contributed by atoms with Gasteiger partial charge in [0.2, 0.25) is 0 Å². The number of anilines is 2. The van der Waals surface area contributed by atoms with Gasteiger partial charge in [0.15, 0.2) is 0 Å². The van der Waals surface area contributed by atoms with Gasteiger partial charge in [0.05, 0.1) is 10.6 Å². The van der Waals surface area contributed by atoms with Crippen LogP contribution in [-0.4, -0.2) is 21.4 Å². The Morgan fingerprint density at radius 2 is 1.39 bits per heavy atom. The number of halogens is 1. The standard InChI is InChI=1S/C26H21ClN2O3S/c1-29(33(31,32)23-17-13-21(27)14-18-23)22-15-11-20(12-16-22)26(30)28-25-10-6-5-9-24(25)19-7-3-2-4-8-19/h2-18H,1H3,(H,28,30). The summed E-state index contributed by atoms with van der Waals surface area (Å²) in [5.74, 6) is -0.284. The lowest BCUT2D eigenvalue weighted by molar-refractivity contribution is 0.102. The Hall–Kier alpha value is -3.61. The fourth-order valence-corrected chi connectivity index (χ4v) is 4.70. The zero-order valence-electron chi connectivity index (χ0n) is 17.8. The summed E-state index contributed by atoms with van der Waals surface area (Å²) in [4.78, 5) is 13.0. The number of hydrogen-bond acceptors (Lipinski definition) is 3. The van der Waals surface area contributed by atoms with Crippen LogP contribution in [0, 0.1) is 0 Å². The largest absolute Gasteiger partial charge is 0.321 e. The SMILES string of the molecule is CN(c1ccc(C(=O)Nc2ccccc2-c2ccccc2)cc1)S(=O)(=O)c1ccc(Cl)cc1. The number of hydrogen-bond donors (Lipinski definition) is 1. The number of sulfonamides is 1. The smallest absolute Gasteiger partial charge is 0.264 e. The van der Waals surface area contributed by atoms with Crippen LogP contribution in [0.5, 0.6) is 0 Å². The van der Waals surface area contributed by atoms with Crippen LogP contribution in [-0.2, 0) is 10.0 Å². The Balaban J connectivity index is 1.53. The molecule has 166 valence electrons. The van der Waals surface area contributed by atoms with Crippen molar-refractivity contribution in [3.8, 4) is 11.1 Å². The predicted octanol–water partition coefficient (Wildman–Crippen LogP) is 6.08.